The molecule has 4 heteroatoms. The standard InChI is InChI=1S/C8H11O3.3C4H9.Sn/c1-4-5-7(6(2)9)8(10)11-3;3*1-3-4-2;/h7H,1,5H2,2-3H3;3*1,3-4H2,2H3;. The number of carbonyl (C=O) groups excluding carboxylic acids is 2. The third-order valence-electron chi connectivity index (χ3n) is 5.20. The number of hydrogen-bond acceptors (Lipinski definition) is 3. The molecule has 0 fully saturated rings. The number of esters is 1. The molecule has 0 radical (unpaired) electrons. The van der Waals surface area contributed by atoms with Gasteiger partial charge in [0.25, 0.3) is 0 Å². The van der Waals surface area contributed by atoms with Gasteiger partial charge in [-0.25, -0.2) is 0 Å². The van der Waals surface area contributed by atoms with Gasteiger partial charge in [-0.2, -0.15) is 0 Å². The second-order valence-electron chi connectivity index (χ2n) is 7.09. The van der Waals surface area contributed by atoms with Crippen molar-refractivity contribution in [3.05, 3.63) is 10.2 Å². The Morgan fingerprint density at radius 2 is 1.38 bits per heavy atom. The van der Waals surface area contributed by atoms with Crippen molar-refractivity contribution in [3.8, 4) is 0 Å². The van der Waals surface area contributed by atoms with E-state index in [0.29, 0.717) is 6.42 Å². The van der Waals surface area contributed by atoms with Gasteiger partial charge in [0.2, 0.25) is 0 Å². The fourth-order valence-electron chi connectivity index (χ4n) is 3.45. The number of carbonyl (C=O) groups is 2. The van der Waals surface area contributed by atoms with Crippen molar-refractivity contribution in [2.24, 2.45) is 5.92 Å². The molecule has 0 spiro atoms. The van der Waals surface area contributed by atoms with Crippen LogP contribution in [-0.2, 0) is 14.3 Å². The Balaban J connectivity index is 5.41. The summed E-state index contributed by atoms with van der Waals surface area (Å²) < 4.78 is 10.1. The van der Waals surface area contributed by atoms with Gasteiger partial charge < -0.3 is 0 Å². The van der Waals surface area contributed by atoms with Gasteiger partial charge in [-0.05, 0) is 0 Å². The van der Waals surface area contributed by atoms with Crippen molar-refractivity contribution in [2.75, 3.05) is 7.11 Å². The Bertz CT molecular complexity index is 382. The first-order valence-electron chi connectivity index (χ1n) is 9.65. The molecular weight excluding hydrogens is 407 g/mol. The van der Waals surface area contributed by atoms with E-state index in [-0.39, 0.29) is 5.78 Å². The number of Topliss-reactive ketones (excluding diaryl/α,β-unsaturated/α-hetero) is 1. The van der Waals surface area contributed by atoms with Crippen molar-refractivity contribution >= 4 is 30.1 Å². The summed E-state index contributed by atoms with van der Waals surface area (Å²) in [5.74, 6) is -1.14. The summed E-state index contributed by atoms with van der Waals surface area (Å²) in [6, 6.07) is 0. The molecule has 3 nitrogen and oxygen atoms in total. The van der Waals surface area contributed by atoms with Crippen LogP contribution in [-0.4, -0.2) is 37.2 Å². The fourth-order valence-corrected chi connectivity index (χ4v) is 19.3. The van der Waals surface area contributed by atoms with Crippen molar-refractivity contribution in [3.63, 3.8) is 0 Å². The number of ketones is 1. The van der Waals surface area contributed by atoms with Gasteiger partial charge in [-0.1, -0.05) is 0 Å². The van der Waals surface area contributed by atoms with Crippen LogP contribution in [0.25, 0.3) is 0 Å². The molecule has 0 amide bonds. The number of unbranched alkanes of at least 4 members (excludes halogenated alkanes) is 3. The fraction of sp³-hybridized carbons (Fsp3) is 0.800. The molecular formula is C20H38O3Sn. The maximum atomic E-state index is 12.0. The molecule has 1 unspecified atom stereocenters. The van der Waals surface area contributed by atoms with E-state index in [4.69, 9.17) is 4.74 Å². The Kier molecular flexibility index (Phi) is 12.8. The van der Waals surface area contributed by atoms with E-state index < -0.39 is 30.3 Å². The molecule has 0 aromatic heterocycles. The molecule has 0 saturated heterocycles. The predicted octanol–water partition coefficient (Wildman–Crippen LogP) is 5.70. The van der Waals surface area contributed by atoms with Crippen molar-refractivity contribution in [2.45, 2.75) is 86.0 Å². The van der Waals surface area contributed by atoms with Crippen LogP contribution in [0.1, 0.15) is 72.6 Å². The normalized spacial score (nSPS) is 12.7. The molecule has 0 aliphatic carbocycles. The minimum atomic E-state index is -2.58. The Morgan fingerprint density at radius 3 is 1.67 bits per heavy atom. The Morgan fingerprint density at radius 1 is 0.958 bits per heavy atom. The third kappa shape index (κ3) is 7.71. The molecule has 0 saturated carbocycles. The Hall–Kier alpha value is -0.321. The van der Waals surface area contributed by atoms with Gasteiger partial charge in [0.1, 0.15) is 0 Å². The number of rotatable bonds is 14. The molecule has 0 aromatic carbocycles. The molecule has 0 heterocycles. The van der Waals surface area contributed by atoms with E-state index in [1.54, 1.807) is 0 Å². The zero-order valence-electron chi connectivity index (χ0n) is 16.6. The van der Waals surface area contributed by atoms with E-state index in [2.05, 4.69) is 27.4 Å². The SMILES string of the molecule is C=[C](CC(C(C)=O)C(=O)OC)[Sn]([CH2]CCC)([CH2]CCC)[CH2]CCC. The molecule has 0 rings (SSSR count). The van der Waals surface area contributed by atoms with E-state index in [9.17, 15) is 9.59 Å². The number of ether oxygens (including phenoxy) is 1. The van der Waals surface area contributed by atoms with Gasteiger partial charge in [0, 0.05) is 0 Å². The van der Waals surface area contributed by atoms with E-state index in [1.807, 2.05) is 0 Å². The van der Waals surface area contributed by atoms with Crippen LogP contribution in [0.3, 0.4) is 0 Å². The van der Waals surface area contributed by atoms with Crippen molar-refractivity contribution < 1.29 is 14.3 Å². The van der Waals surface area contributed by atoms with Crippen LogP contribution < -0.4 is 0 Å². The van der Waals surface area contributed by atoms with E-state index in [0.717, 1.165) is 0 Å². The molecule has 0 N–H and O–H groups in total. The molecule has 0 aromatic rings. The summed E-state index contributed by atoms with van der Waals surface area (Å²) in [4.78, 5) is 23.9. The molecule has 0 aliphatic heterocycles. The summed E-state index contributed by atoms with van der Waals surface area (Å²) in [6.07, 6.45) is 7.91. The third-order valence-corrected chi connectivity index (χ3v) is 21.3. The molecule has 1 atom stereocenters. The molecule has 0 aliphatic rings. The van der Waals surface area contributed by atoms with Gasteiger partial charge in [0.15, 0.2) is 0 Å². The van der Waals surface area contributed by atoms with Crippen LogP contribution in [0.2, 0.25) is 13.3 Å². The first kappa shape index (κ1) is 23.7. The van der Waals surface area contributed by atoms with Gasteiger partial charge in [0.05, 0.1) is 0 Å². The molecule has 0 bridgehead atoms. The maximum absolute atomic E-state index is 12.0. The summed E-state index contributed by atoms with van der Waals surface area (Å²) in [5, 5.41) is 0. The van der Waals surface area contributed by atoms with Crippen LogP contribution in [0.5, 0.6) is 0 Å². The van der Waals surface area contributed by atoms with Gasteiger partial charge in [-0.15, -0.1) is 0 Å². The number of methoxy groups -OCH3 is 1. The first-order chi connectivity index (χ1) is 11.4. The summed E-state index contributed by atoms with van der Waals surface area (Å²) >= 11 is -2.58. The number of allylic oxidation sites excluding steroid dienone is 1. The summed E-state index contributed by atoms with van der Waals surface area (Å²) in [5.41, 5.74) is 0. The molecule has 24 heavy (non-hydrogen) atoms. The zero-order chi connectivity index (χ0) is 18.6. The summed E-state index contributed by atoms with van der Waals surface area (Å²) in [7, 11) is 1.36. The Labute approximate surface area is 153 Å². The van der Waals surface area contributed by atoms with Crippen LogP contribution in [0, 0.1) is 5.92 Å². The predicted molar refractivity (Wildman–Crippen MR) is 105 cm³/mol. The van der Waals surface area contributed by atoms with Crippen molar-refractivity contribution in [1.82, 2.24) is 0 Å². The van der Waals surface area contributed by atoms with Gasteiger partial charge in [-0.3, -0.25) is 0 Å². The van der Waals surface area contributed by atoms with Crippen LogP contribution in [0.4, 0.5) is 0 Å². The second kappa shape index (κ2) is 13.0. The zero-order valence-corrected chi connectivity index (χ0v) is 19.4. The second-order valence-corrected chi connectivity index (χ2v) is 20.7. The van der Waals surface area contributed by atoms with Crippen LogP contribution >= 0.6 is 0 Å². The average molecular weight is 445 g/mol. The molecule has 140 valence electrons. The minimum absolute atomic E-state index is 0.0929. The van der Waals surface area contributed by atoms with E-state index >= 15 is 0 Å². The van der Waals surface area contributed by atoms with Crippen molar-refractivity contribution in [1.29, 1.82) is 0 Å². The number of hydrogen-bond donors (Lipinski definition) is 0. The monoisotopic (exact) mass is 446 g/mol. The summed E-state index contributed by atoms with van der Waals surface area (Å²) in [6.45, 7) is 12.7. The topological polar surface area (TPSA) is 43.4 Å². The van der Waals surface area contributed by atoms with E-state index in [1.165, 1.54) is 69.5 Å². The van der Waals surface area contributed by atoms with Crippen LogP contribution in [0.15, 0.2) is 10.2 Å². The first-order valence-corrected chi connectivity index (χ1v) is 17.1. The van der Waals surface area contributed by atoms with Gasteiger partial charge >= 0.3 is 154 Å². The quantitative estimate of drug-likeness (QED) is 0.196. The average Bonchev–Trinajstić information content (AvgIpc) is 2.58.